The van der Waals surface area contributed by atoms with Gasteiger partial charge in [-0.15, -0.1) is 0 Å². The number of rotatable bonds is 1. The zero-order valence-electron chi connectivity index (χ0n) is 8.36. The van der Waals surface area contributed by atoms with Crippen molar-refractivity contribution in [3.8, 4) is 0 Å². The third-order valence-corrected chi connectivity index (χ3v) is 2.52. The Morgan fingerprint density at radius 3 is 2.73 bits per heavy atom. The molecule has 1 aliphatic carbocycles. The standard InChI is InChI=1S/C11H13N3O/c12-11(15)14-13-10-6-5-8-3-1-2-4-9(8)7-10/h1-4H,5-7H2,(H3,12,14,15)/b13-10+. The van der Waals surface area contributed by atoms with E-state index >= 15 is 0 Å². The summed E-state index contributed by atoms with van der Waals surface area (Å²) < 4.78 is 0. The number of fused-ring (bicyclic) bond motifs is 1. The molecule has 0 spiro atoms. The lowest BCUT2D eigenvalue weighted by Crippen LogP contribution is -2.27. The molecule has 0 saturated carbocycles. The van der Waals surface area contributed by atoms with Gasteiger partial charge in [-0.3, -0.25) is 0 Å². The van der Waals surface area contributed by atoms with Gasteiger partial charge in [-0.25, -0.2) is 10.2 Å². The highest BCUT2D eigenvalue weighted by Gasteiger charge is 2.13. The van der Waals surface area contributed by atoms with Gasteiger partial charge in [0.05, 0.1) is 0 Å². The minimum atomic E-state index is -0.610. The Morgan fingerprint density at radius 1 is 1.27 bits per heavy atom. The van der Waals surface area contributed by atoms with Crippen molar-refractivity contribution in [2.75, 3.05) is 0 Å². The fourth-order valence-electron chi connectivity index (χ4n) is 1.79. The van der Waals surface area contributed by atoms with Gasteiger partial charge in [0, 0.05) is 12.1 Å². The van der Waals surface area contributed by atoms with Crippen LogP contribution in [0.4, 0.5) is 4.79 Å². The minimum absolute atomic E-state index is 0.610. The van der Waals surface area contributed by atoms with Crippen LogP contribution in [0.5, 0.6) is 0 Å². The second-order valence-electron chi connectivity index (χ2n) is 3.60. The topological polar surface area (TPSA) is 67.5 Å². The maximum Gasteiger partial charge on any atom is 0.332 e. The van der Waals surface area contributed by atoms with Gasteiger partial charge in [0.15, 0.2) is 0 Å². The summed E-state index contributed by atoms with van der Waals surface area (Å²) in [6.45, 7) is 0. The first kappa shape index (κ1) is 9.71. The van der Waals surface area contributed by atoms with Crippen molar-refractivity contribution in [2.24, 2.45) is 10.8 Å². The summed E-state index contributed by atoms with van der Waals surface area (Å²) >= 11 is 0. The summed E-state index contributed by atoms with van der Waals surface area (Å²) in [6, 6.07) is 7.68. The summed E-state index contributed by atoms with van der Waals surface area (Å²) in [6.07, 6.45) is 2.67. The predicted octanol–water partition coefficient (Wildman–Crippen LogP) is 1.20. The van der Waals surface area contributed by atoms with Crippen LogP contribution in [0.15, 0.2) is 29.4 Å². The average molecular weight is 203 g/mol. The summed E-state index contributed by atoms with van der Waals surface area (Å²) in [5, 5.41) is 3.97. The van der Waals surface area contributed by atoms with Gasteiger partial charge in [0.2, 0.25) is 0 Å². The van der Waals surface area contributed by atoms with E-state index in [-0.39, 0.29) is 0 Å². The van der Waals surface area contributed by atoms with Gasteiger partial charge in [-0.1, -0.05) is 24.3 Å². The molecule has 0 saturated heterocycles. The Labute approximate surface area is 88.2 Å². The lowest BCUT2D eigenvalue weighted by molar-refractivity contribution is 0.249. The Bertz CT molecular complexity index is 412. The first-order valence-corrected chi connectivity index (χ1v) is 4.93. The van der Waals surface area contributed by atoms with E-state index in [0.717, 1.165) is 25.0 Å². The van der Waals surface area contributed by atoms with Crippen LogP contribution in [0.1, 0.15) is 17.5 Å². The number of nitrogens with zero attached hydrogens (tertiary/aromatic N) is 1. The van der Waals surface area contributed by atoms with Crippen molar-refractivity contribution >= 4 is 11.7 Å². The van der Waals surface area contributed by atoms with Crippen LogP contribution in [-0.4, -0.2) is 11.7 Å². The smallest absolute Gasteiger partial charge is 0.332 e. The number of primary amides is 1. The van der Waals surface area contributed by atoms with Crippen LogP contribution in [-0.2, 0) is 12.8 Å². The first-order chi connectivity index (χ1) is 7.25. The zero-order valence-corrected chi connectivity index (χ0v) is 8.36. The molecule has 0 fully saturated rings. The number of amides is 2. The number of carbonyl (C=O) groups is 1. The lowest BCUT2D eigenvalue weighted by atomic mass is 9.90. The summed E-state index contributed by atoms with van der Waals surface area (Å²) in [5.74, 6) is 0. The van der Waals surface area contributed by atoms with E-state index in [1.807, 2.05) is 12.1 Å². The minimum Gasteiger partial charge on any atom is -0.350 e. The predicted molar refractivity (Wildman–Crippen MR) is 58.6 cm³/mol. The van der Waals surface area contributed by atoms with Gasteiger partial charge < -0.3 is 5.73 Å². The van der Waals surface area contributed by atoms with Crippen molar-refractivity contribution in [3.63, 3.8) is 0 Å². The van der Waals surface area contributed by atoms with Gasteiger partial charge in [0.25, 0.3) is 0 Å². The number of benzene rings is 1. The molecule has 0 heterocycles. The van der Waals surface area contributed by atoms with E-state index in [2.05, 4.69) is 22.7 Å². The van der Waals surface area contributed by atoms with Gasteiger partial charge in [-0.05, 0) is 24.0 Å². The molecule has 2 rings (SSSR count). The molecule has 1 aromatic carbocycles. The molecule has 0 aromatic heterocycles. The van der Waals surface area contributed by atoms with Crippen molar-refractivity contribution in [1.82, 2.24) is 5.43 Å². The Morgan fingerprint density at radius 2 is 2.00 bits per heavy atom. The van der Waals surface area contributed by atoms with E-state index < -0.39 is 6.03 Å². The highest BCUT2D eigenvalue weighted by Crippen LogP contribution is 2.18. The van der Waals surface area contributed by atoms with Crippen molar-refractivity contribution in [1.29, 1.82) is 0 Å². The molecule has 0 aliphatic heterocycles. The molecule has 15 heavy (non-hydrogen) atoms. The van der Waals surface area contributed by atoms with Crippen LogP contribution in [0.2, 0.25) is 0 Å². The van der Waals surface area contributed by atoms with E-state index in [0.29, 0.717) is 0 Å². The Balaban J connectivity index is 2.12. The molecule has 3 N–H and O–H groups in total. The summed E-state index contributed by atoms with van der Waals surface area (Å²) in [5.41, 5.74) is 10.9. The summed E-state index contributed by atoms with van der Waals surface area (Å²) in [4.78, 5) is 10.5. The molecular formula is C11H13N3O. The van der Waals surface area contributed by atoms with Crippen molar-refractivity contribution in [2.45, 2.75) is 19.3 Å². The van der Waals surface area contributed by atoms with Crippen LogP contribution < -0.4 is 11.2 Å². The molecule has 0 atom stereocenters. The van der Waals surface area contributed by atoms with Crippen molar-refractivity contribution < 1.29 is 4.79 Å². The molecule has 0 unspecified atom stereocenters. The maximum atomic E-state index is 10.5. The van der Waals surface area contributed by atoms with Gasteiger partial charge >= 0.3 is 6.03 Å². The van der Waals surface area contributed by atoms with Gasteiger partial charge in [-0.2, -0.15) is 5.10 Å². The fourth-order valence-corrected chi connectivity index (χ4v) is 1.79. The quantitative estimate of drug-likeness (QED) is 0.662. The molecule has 4 nitrogen and oxygen atoms in total. The van der Waals surface area contributed by atoms with Crippen LogP contribution in [0.3, 0.4) is 0 Å². The molecule has 78 valence electrons. The zero-order chi connectivity index (χ0) is 10.7. The van der Waals surface area contributed by atoms with E-state index in [1.54, 1.807) is 0 Å². The lowest BCUT2D eigenvalue weighted by Gasteiger charge is -2.16. The average Bonchev–Trinajstić information content (AvgIpc) is 2.26. The Hall–Kier alpha value is -1.84. The second-order valence-corrected chi connectivity index (χ2v) is 3.60. The highest BCUT2D eigenvalue weighted by atomic mass is 16.2. The normalized spacial score (nSPS) is 17.2. The molecular weight excluding hydrogens is 190 g/mol. The van der Waals surface area contributed by atoms with E-state index in [9.17, 15) is 4.79 Å². The number of urea groups is 1. The van der Waals surface area contributed by atoms with Crippen LogP contribution >= 0.6 is 0 Å². The third-order valence-electron chi connectivity index (χ3n) is 2.52. The third kappa shape index (κ3) is 2.34. The highest BCUT2D eigenvalue weighted by molar-refractivity contribution is 5.89. The number of nitrogens with two attached hydrogens (primary N) is 1. The Kier molecular flexibility index (Phi) is 2.67. The monoisotopic (exact) mass is 203 g/mol. The first-order valence-electron chi connectivity index (χ1n) is 4.93. The van der Waals surface area contributed by atoms with E-state index in [4.69, 9.17) is 5.73 Å². The second kappa shape index (κ2) is 4.13. The molecule has 0 radical (unpaired) electrons. The fraction of sp³-hybridized carbons (Fsp3) is 0.273. The molecule has 0 bridgehead atoms. The largest absolute Gasteiger partial charge is 0.350 e. The number of hydrazone groups is 1. The number of carbonyl (C=O) groups excluding carboxylic acids is 1. The number of nitrogens with one attached hydrogen (secondary N) is 1. The summed E-state index contributed by atoms with van der Waals surface area (Å²) in [7, 11) is 0. The number of hydrogen-bond donors (Lipinski definition) is 2. The van der Waals surface area contributed by atoms with Crippen molar-refractivity contribution in [3.05, 3.63) is 35.4 Å². The number of aryl methyl sites for hydroxylation is 1. The molecule has 2 amide bonds. The molecule has 1 aliphatic rings. The van der Waals surface area contributed by atoms with Gasteiger partial charge in [0.1, 0.15) is 0 Å². The molecule has 4 heteroatoms. The molecule has 1 aromatic rings. The SMILES string of the molecule is NC(=O)N/N=C1\CCc2ccccc2C1. The van der Waals surface area contributed by atoms with Crippen LogP contribution in [0.25, 0.3) is 0 Å². The maximum absolute atomic E-state index is 10.5. The number of hydrogen-bond acceptors (Lipinski definition) is 2. The van der Waals surface area contributed by atoms with E-state index in [1.165, 1.54) is 11.1 Å². The van der Waals surface area contributed by atoms with Crippen LogP contribution in [0, 0.1) is 0 Å².